The zero-order valence-electron chi connectivity index (χ0n) is 25.1. The van der Waals surface area contributed by atoms with Crippen LogP contribution in [0.4, 0.5) is 0 Å². The zero-order chi connectivity index (χ0) is 33.2. The van der Waals surface area contributed by atoms with Gasteiger partial charge in [0.05, 0.1) is 10.9 Å². The van der Waals surface area contributed by atoms with Gasteiger partial charge in [0, 0.05) is 25.0 Å². The van der Waals surface area contributed by atoms with Gasteiger partial charge in [-0.25, -0.2) is 4.79 Å². The summed E-state index contributed by atoms with van der Waals surface area (Å²) in [6.07, 6.45) is -0.983. The van der Waals surface area contributed by atoms with E-state index in [4.69, 9.17) is 13.9 Å². The molecule has 13 nitrogen and oxygen atoms in total. The molecule has 0 aliphatic carbocycles. The number of rotatable bonds is 12. The summed E-state index contributed by atoms with van der Waals surface area (Å²) in [6, 6.07) is 12.0. The number of phenolic OH excluding ortho intramolecular Hbond substituents is 1. The van der Waals surface area contributed by atoms with Gasteiger partial charge in [0.2, 0.25) is 6.29 Å². The molecule has 13 heteroatoms. The molecule has 0 unspecified atom stereocenters. The van der Waals surface area contributed by atoms with E-state index in [1.807, 2.05) is 26.1 Å². The maximum absolute atomic E-state index is 13.2. The number of benzene rings is 2. The number of aldehydes is 1. The van der Waals surface area contributed by atoms with Crippen LogP contribution in [-0.2, 0) is 20.7 Å². The lowest BCUT2D eigenvalue weighted by atomic mass is 9.74. The molecule has 1 aliphatic rings. The largest absolute Gasteiger partial charge is 0.508 e. The number of H-pyrrole nitrogens is 1. The Morgan fingerprint density at radius 1 is 1.15 bits per heavy atom. The van der Waals surface area contributed by atoms with Crippen molar-refractivity contribution >= 4 is 23.2 Å². The van der Waals surface area contributed by atoms with E-state index in [-0.39, 0.29) is 51.6 Å². The molecule has 1 aliphatic heterocycles. The molecule has 0 spiro atoms. The first-order valence-electron chi connectivity index (χ1n) is 14.7. The number of aliphatic hydroxyl groups is 3. The van der Waals surface area contributed by atoms with E-state index in [2.05, 4.69) is 10.3 Å². The number of hydrogen-bond donors (Lipinski definition) is 7. The van der Waals surface area contributed by atoms with E-state index < -0.39 is 42.2 Å². The Labute approximate surface area is 263 Å². The molecule has 0 amide bonds. The molecule has 244 valence electrons. The Morgan fingerprint density at radius 3 is 2.52 bits per heavy atom. The fraction of sp³-hybridized carbons (Fsp3) is 0.364. The third kappa shape index (κ3) is 6.15. The molecule has 5 rings (SSSR count). The number of carbonyl (C=O) groups excluding carboxylic acids is 1. The molecule has 0 bridgehead atoms. The third-order valence-electron chi connectivity index (χ3n) is 8.59. The number of aromatic hydroxyl groups is 1. The second-order valence-corrected chi connectivity index (χ2v) is 11.9. The minimum Gasteiger partial charge on any atom is -0.508 e. The number of hydrogen-bond acceptors (Lipinski definition) is 11. The molecular formula is C33H36N2O11. The van der Waals surface area contributed by atoms with Crippen LogP contribution in [0.5, 0.6) is 11.5 Å². The summed E-state index contributed by atoms with van der Waals surface area (Å²) in [4.78, 5) is 40.5. The average Bonchev–Trinajstić information content (AvgIpc) is 3.55. The predicted molar refractivity (Wildman–Crippen MR) is 164 cm³/mol. The molecule has 46 heavy (non-hydrogen) atoms. The number of aliphatic hydroxyl groups excluding tert-OH is 1. The lowest BCUT2D eigenvalue weighted by Crippen LogP contribution is -2.79. The number of aliphatic carboxylic acids is 1. The number of carbonyl (C=O) groups is 2. The Kier molecular flexibility index (Phi) is 9.33. The lowest BCUT2D eigenvalue weighted by Gasteiger charge is -2.51. The predicted octanol–water partition coefficient (Wildman–Crippen LogP) is 1.81. The summed E-state index contributed by atoms with van der Waals surface area (Å²) in [6.45, 7) is 3.83. The summed E-state index contributed by atoms with van der Waals surface area (Å²) >= 11 is 0. The van der Waals surface area contributed by atoms with Crippen molar-refractivity contribution < 1.29 is 49.0 Å². The maximum Gasteiger partial charge on any atom is 0.335 e. The smallest absolute Gasteiger partial charge is 0.335 e. The summed E-state index contributed by atoms with van der Waals surface area (Å²) in [5, 5.41) is 56.5. The van der Waals surface area contributed by atoms with Crippen LogP contribution in [0, 0.1) is 11.8 Å². The summed E-state index contributed by atoms with van der Waals surface area (Å²) in [7, 11) is 0. The van der Waals surface area contributed by atoms with Gasteiger partial charge in [-0.15, -0.1) is 0 Å². The highest BCUT2D eigenvalue weighted by Crippen LogP contribution is 2.39. The van der Waals surface area contributed by atoms with Crippen LogP contribution >= 0.6 is 0 Å². The maximum atomic E-state index is 13.2. The Morgan fingerprint density at radius 2 is 1.89 bits per heavy atom. The first-order valence-corrected chi connectivity index (χ1v) is 14.7. The first-order chi connectivity index (χ1) is 21.9. The number of ether oxygens (including phenoxy) is 2. The normalized spacial score (nSPS) is 25.4. The molecule has 6 atom stereocenters. The second kappa shape index (κ2) is 13.1. The number of aromatic amines is 1. The van der Waals surface area contributed by atoms with E-state index in [1.165, 1.54) is 36.6 Å². The minimum atomic E-state index is -3.03. The van der Waals surface area contributed by atoms with Crippen molar-refractivity contribution in [2.45, 2.75) is 50.0 Å². The van der Waals surface area contributed by atoms with E-state index in [0.717, 1.165) is 5.56 Å². The lowest BCUT2D eigenvalue weighted by molar-refractivity contribution is -0.334. The van der Waals surface area contributed by atoms with Crippen molar-refractivity contribution in [1.29, 1.82) is 0 Å². The average molecular weight is 637 g/mol. The van der Waals surface area contributed by atoms with Gasteiger partial charge in [-0.05, 0) is 66.3 Å². The Balaban J connectivity index is 1.44. The zero-order valence-corrected chi connectivity index (χ0v) is 25.1. The third-order valence-corrected chi connectivity index (χ3v) is 8.59. The number of aromatic nitrogens is 1. The van der Waals surface area contributed by atoms with Gasteiger partial charge >= 0.3 is 5.97 Å². The Hall–Kier alpha value is -4.53. The number of fused-ring (bicyclic) bond motifs is 1. The fourth-order valence-electron chi connectivity index (χ4n) is 5.64. The van der Waals surface area contributed by atoms with Crippen LogP contribution in [0.15, 0.2) is 76.4 Å². The van der Waals surface area contributed by atoms with Crippen LogP contribution in [-0.4, -0.2) is 85.6 Å². The van der Waals surface area contributed by atoms with Gasteiger partial charge in [0.1, 0.15) is 29.4 Å². The van der Waals surface area contributed by atoms with Crippen molar-refractivity contribution in [3.63, 3.8) is 0 Å². The van der Waals surface area contributed by atoms with Crippen molar-refractivity contribution in [2.24, 2.45) is 11.8 Å². The number of carboxylic acids is 1. The summed E-state index contributed by atoms with van der Waals surface area (Å²) in [5.41, 5.74) is -4.20. The standard InChI is InChI=1S/C33H36N2O11/c1-18(2)21(11-19-9-10-34-13-19)14-35-16-32(42)31(46-28(30(40)41)29(39)33(32,43)17-36)45-23-7-8-24-26(12-23)44-15-25(27(24)38)20-3-5-22(37)6-4-20/h3-10,12-13,15,17-18,21,28-29,31,34-35,37,39,42-43H,11,14,16H2,1-2H3,(H,40,41)/t21-,28-,29+,31+,32-,33-/m0/s1. The number of nitrogens with one attached hydrogen (secondary N) is 2. The highest BCUT2D eigenvalue weighted by Gasteiger charge is 2.67. The minimum absolute atomic E-state index is 0.0337. The molecule has 0 saturated carbocycles. The number of carboxylic acid groups (broad SMARTS) is 1. The van der Waals surface area contributed by atoms with Gasteiger partial charge in [0.15, 0.2) is 29.0 Å². The molecule has 3 heterocycles. The van der Waals surface area contributed by atoms with Gasteiger partial charge in [-0.1, -0.05) is 26.0 Å². The van der Waals surface area contributed by atoms with Crippen molar-refractivity contribution in [3.05, 3.63) is 83.0 Å². The van der Waals surface area contributed by atoms with Crippen molar-refractivity contribution in [2.75, 3.05) is 13.1 Å². The fourth-order valence-corrected chi connectivity index (χ4v) is 5.64. The first kappa shape index (κ1) is 32.9. The quantitative estimate of drug-likeness (QED) is 0.111. The monoisotopic (exact) mass is 636 g/mol. The van der Waals surface area contributed by atoms with Crippen LogP contribution in [0.25, 0.3) is 22.1 Å². The highest BCUT2D eigenvalue weighted by atomic mass is 16.7. The molecule has 4 aromatic rings. The topological polar surface area (TPSA) is 212 Å². The molecule has 2 aromatic heterocycles. The molecular weight excluding hydrogens is 600 g/mol. The van der Waals surface area contributed by atoms with Gasteiger partial charge in [0.25, 0.3) is 0 Å². The summed E-state index contributed by atoms with van der Waals surface area (Å²) < 4.78 is 17.0. The van der Waals surface area contributed by atoms with Gasteiger partial charge < -0.3 is 49.7 Å². The van der Waals surface area contributed by atoms with Crippen LogP contribution in [0.2, 0.25) is 0 Å². The van der Waals surface area contributed by atoms with Crippen LogP contribution < -0.4 is 15.5 Å². The number of phenols is 1. The molecule has 1 saturated heterocycles. The van der Waals surface area contributed by atoms with E-state index in [9.17, 15) is 39.9 Å². The van der Waals surface area contributed by atoms with Gasteiger partial charge in [-0.3, -0.25) is 9.59 Å². The van der Waals surface area contributed by atoms with Crippen LogP contribution in [0.3, 0.4) is 0 Å². The highest BCUT2D eigenvalue weighted by molar-refractivity contribution is 5.83. The molecule has 0 radical (unpaired) electrons. The van der Waals surface area contributed by atoms with E-state index in [0.29, 0.717) is 18.5 Å². The van der Waals surface area contributed by atoms with Crippen molar-refractivity contribution in [1.82, 2.24) is 10.3 Å². The van der Waals surface area contributed by atoms with E-state index >= 15 is 0 Å². The Bertz CT molecular complexity index is 1740. The molecule has 7 N–H and O–H groups in total. The van der Waals surface area contributed by atoms with Crippen LogP contribution in [0.1, 0.15) is 19.4 Å². The molecule has 2 aromatic carbocycles. The second-order valence-electron chi connectivity index (χ2n) is 11.9. The molecule has 1 fully saturated rings. The van der Waals surface area contributed by atoms with Gasteiger partial charge in [-0.2, -0.15) is 0 Å². The van der Waals surface area contributed by atoms with Crippen molar-refractivity contribution in [3.8, 4) is 22.6 Å². The SMILES string of the molecule is CC(C)[C@H](CNC[C@]1(O)[C@H](Oc2ccc3c(=O)c(-c4ccc(O)cc4)coc3c2)O[C@H](C(=O)O)[C@@H](O)[C@@]1(O)C=O)Cc1cc[nH]c1. The van der Waals surface area contributed by atoms with E-state index in [1.54, 1.807) is 18.3 Å². The summed E-state index contributed by atoms with van der Waals surface area (Å²) in [5.74, 6) is -1.47.